The van der Waals surface area contributed by atoms with Gasteiger partial charge in [0.15, 0.2) is 11.7 Å². The van der Waals surface area contributed by atoms with Gasteiger partial charge in [0.2, 0.25) is 0 Å². The van der Waals surface area contributed by atoms with Crippen LogP contribution in [0.3, 0.4) is 0 Å². The van der Waals surface area contributed by atoms with Crippen LogP contribution in [0.4, 0.5) is 0 Å². The molecule has 4 bridgehead atoms. The Balaban J connectivity index is 1.14. The van der Waals surface area contributed by atoms with Crippen LogP contribution in [-0.2, 0) is 18.4 Å². The number of nitrogens with zero attached hydrogens (tertiary/aromatic N) is 1. The highest BCUT2D eigenvalue weighted by molar-refractivity contribution is 6.12. The van der Waals surface area contributed by atoms with Crippen LogP contribution >= 0.6 is 0 Å². The van der Waals surface area contributed by atoms with Gasteiger partial charge in [-0.2, -0.15) is 0 Å². The zero-order valence-electron chi connectivity index (χ0n) is 21.2. The van der Waals surface area contributed by atoms with Crippen molar-refractivity contribution < 1.29 is 4.42 Å². The number of nitrogens with one attached hydrogen (secondary N) is 1. The Morgan fingerprint density at radius 3 is 2.37 bits per heavy atom. The predicted molar refractivity (Wildman–Crippen MR) is 154 cm³/mol. The maximum atomic E-state index is 6.44. The van der Waals surface area contributed by atoms with Gasteiger partial charge in [-0.1, -0.05) is 97.1 Å². The smallest absolute Gasteiger partial charge is 0.196 e. The quantitative estimate of drug-likeness (QED) is 0.239. The van der Waals surface area contributed by atoms with Crippen molar-refractivity contribution in [1.29, 1.82) is 0 Å². The van der Waals surface area contributed by atoms with E-state index in [1.54, 1.807) is 5.56 Å². The van der Waals surface area contributed by atoms with Gasteiger partial charge in [0.05, 0.1) is 5.54 Å². The number of rotatable bonds is 6. The second-order valence-corrected chi connectivity index (χ2v) is 10.6. The minimum absolute atomic E-state index is 0.119. The number of aromatic nitrogens is 1. The second-order valence-electron chi connectivity index (χ2n) is 10.6. The minimum atomic E-state index is -0.119. The molecule has 0 radical (unpaired) electrons. The van der Waals surface area contributed by atoms with E-state index in [0.717, 1.165) is 47.9 Å². The predicted octanol–water partition coefficient (Wildman–Crippen LogP) is 8.04. The first-order valence-electron chi connectivity index (χ1n) is 13.7. The van der Waals surface area contributed by atoms with Gasteiger partial charge in [0.1, 0.15) is 5.69 Å². The molecule has 0 fully saturated rings. The van der Waals surface area contributed by atoms with Gasteiger partial charge in [-0.05, 0) is 63.6 Å². The van der Waals surface area contributed by atoms with Gasteiger partial charge >= 0.3 is 0 Å². The number of benzene rings is 5. The van der Waals surface area contributed by atoms with Crippen molar-refractivity contribution in [2.24, 2.45) is 0 Å². The lowest BCUT2D eigenvalue weighted by Crippen LogP contribution is -2.44. The molecular formula is C35H28N2O. The van der Waals surface area contributed by atoms with Crippen LogP contribution < -0.4 is 5.32 Å². The fourth-order valence-electron chi connectivity index (χ4n) is 6.93. The molecule has 5 aromatic carbocycles. The van der Waals surface area contributed by atoms with Crippen molar-refractivity contribution in [2.45, 2.75) is 31.2 Å². The lowest BCUT2D eigenvalue weighted by Gasteiger charge is -2.36. The third-order valence-electron chi connectivity index (χ3n) is 8.55. The van der Waals surface area contributed by atoms with Crippen LogP contribution in [-0.4, -0.2) is 11.5 Å². The first-order chi connectivity index (χ1) is 18.8. The van der Waals surface area contributed by atoms with Crippen LogP contribution in [0, 0.1) is 0 Å². The van der Waals surface area contributed by atoms with Gasteiger partial charge in [0, 0.05) is 24.1 Å². The Bertz CT molecular complexity index is 1760. The van der Waals surface area contributed by atoms with Gasteiger partial charge in [-0.25, -0.2) is 4.98 Å². The summed E-state index contributed by atoms with van der Waals surface area (Å²) in [6.07, 6.45) is 4.23. The summed E-state index contributed by atoms with van der Waals surface area (Å²) < 4.78 is 6.44. The molecule has 3 nitrogen and oxygen atoms in total. The van der Waals surface area contributed by atoms with E-state index in [1.165, 1.54) is 45.5 Å². The normalized spacial score (nSPS) is 17.6. The molecule has 0 aliphatic heterocycles. The van der Waals surface area contributed by atoms with Crippen molar-refractivity contribution in [3.8, 4) is 22.6 Å². The van der Waals surface area contributed by atoms with E-state index in [-0.39, 0.29) is 5.54 Å². The standard InChI is InChI=1S/C35H28N2O/c1-3-10-23(11-4-1)33-34(24-12-5-2-6-13-24)38-31(37-33)19-21-36-35-20-9-16-28-29(35)18-17-27-26-15-8-7-14-25(26)22-30(35)32(27)28/h1-8,10-15,17-18,22,36H,9,16,19-21H2. The van der Waals surface area contributed by atoms with Crippen molar-refractivity contribution in [3.05, 3.63) is 126 Å². The molecule has 1 N–H and O–H groups in total. The summed E-state index contributed by atoms with van der Waals surface area (Å²) in [6.45, 7) is 0.801. The number of hydrogen-bond donors (Lipinski definition) is 1. The molecule has 1 aromatic heterocycles. The summed E-state index contributed by atoms with van der Waals surface area (Å²) in [5.41, 5.74) is 7.41. The Morgan fingerprint density at radius 1 is 0.763 bits per heavy atom. The van der Waals surface area contributed by atoms with Crippen LogP contribution in [0.1, 0.15) is 35.4 Å². The summed E-state index contributed by atoms with van der Waals surface area (Å²) in [5, 5.41) is 9.60. The molecule has 2 aliphatic rings. The first kappa shape index (κ1) is 21.8. The third-order valence-corrected chi connectivity index (χ3v) is 8.55. The molecule has 184 valence electrons. The highest BCUT2D eigenvalue weighted by Crippen LogP contribution is 2.53. The second kappa shape index (κ2) is 8.41. The number of aryl methyl sites for hydroxylation is 1. The summed E-state index contributed by atoms with van der Waals surface area (Å²) in [7, 11) is 0. The number of oxazole rings is 1. The van der Waals surface area contributed by atoms with Crippen molar-refractivity contribution in [3.63, 3.8) is 0 Å². The van der Waals surface area contributed by atoms with E-state index in [9.17, 15) is 0 Å². The minimum Gasteiger partial charge on any atom is -0.440 e. The van der Waals surface area contributed by atoms with Gasteiger partial charge in [0.25, 0.3) is 0 Å². The molecule has 2 aliphatic carbocycles. The zero-order chi connectivity index (χ0) is 25.1. The van der Waals surface area contributed by atoms with Crippen molar-refractivity contribution >= 4 is 21.5 Å². The lowest BCUT2D eigenvalue weighted by molar-refractivity contribution is 0.352. The fourth-order valence-corrected chi connectivity index (χ4v) is 6.93. The first-order valence-corrected chi connectivity index (χ1v) is 13.7. The molecule has 0 amide bonds. The molecule has 0 saturated heterocycles. The SMILES string of the molecule is c1ccc(-c2nc(CCNC34CCCc5c3ccc3c5c4cc4ccccc43)oc2-c2ccccc2)cc1. The molecule has 1 unspecified atom stereocenters. The summed E-state index contributed by atoms with van der Waals surface area (Å²) in [4.78, 5) is 5.00. The Morgan fingerprint density at radius 2 is 1.53 bits per heavy atom. The molecule has 8 rings (SSSR count). The Hall–Kier alpha value is -4.21. The average Bonchev–Trinajstić information content (AvgIpc) is 3.43. The molecule has 38 heavy (non-hydrogen) atoms. The van der Waals surface area contributed by atoms with Gasteiger partial charge in [-0.3, -0.25) is 0 Å². The number of hydrogen-bond acceptors (Lipinski definition) is 3. The fraction of sp³-hybridized carbons (Fsp3) is 0.171. The average molecular weight is 493 g/mol. The van der Waals surface area contributed by atoms with E-state index in [0.29, 0.717) is 0 Å². The lowest BCUT2D eigenvalue weighted by atomic mass is 9.79. The molecule has 3 heteroatoms. The van der Waals surface area contributed by atoms with E-state index < -0.39 is 0 Å². The Kier molecular flexibility index (Phi) is 4.83. The monoisotopic (exact) mass is 492 g/mol. The molecule has 1 atom stereocenters. The number of fused-ring (bicyclic) bond motifs is 3. The van der Waals surface area contributed by atoms with Crippen molar-refractivity contribution in [1.82, 2.24) is 10.3 Å². The summed E-state index contributed by atoms with van der Waals surface area (Å²) in [6, 6.07) is 36.7. The molecule has 6 aromatic rings. The van der Waals surface area contributed by atoms with Crippen molar-refractivity contribution in [2.75, 3.05) is 6.54 Å². The highest BCUT2D eigenvalue weighted by Gasteiger charge is 2.45. The summed E-state index contributed by atoms with van der Waals surface area (Å²) in [5.74, 6) is 1.62. The van der Waals surface area contributed by atoms with E-state index in [2.05, 4.69) is 84.2 Å². The molecular weight excluding hydrogens is 464 g/mol. The molecule has 0 spiro atoms. The van der Waals surface area contributed by atoms with E-state index in [1.807, 2.05) is 24.3 Å². The highest BCUT2D eigenvalue weighted by atomic mass is 16.4. The van der Waals surface area contributed by atoms with Gasteiger partial charge < -0.3 is 9.73 Å². The maximum Gasteiger partial charge on any atom is 0.196 e. The van der Waals surface area contributed by atoms with Crippen LogP contribution in [0.25, 0.3) is 44.1 Å². The molecule has 0 saturated carbocycles. The van der Waals surface area contributed by atoms with Crippen LogP contribution in [0.5, 0.6) is 0 Å². The van der Waals surface area contributed by atoms with E-state index >= 15 is 0 Å². The van der Waals surface area contributed by atoms with Crippen LogP contribution in [0.2, 0.25) is 0 Å². The molecule has 1 heterocycles. The van der Waals surface area contributed by atoms with E-state index in [4.69, 9.17) is 9.40 Å². The third kappa shape index (κ3) is 3.15. The van der Waals surface area contributed by atoms with Crippen LogP contribution in [0.15, 0.2) is 108 Å². The topological polar surface area (TPSA) is 38.1 Å². The maximum absolute atomic E-state index is 6.44. The largest absolute Gasteiger partial charge is 0.440 e. The van der Waals surface area contributed by atoms with Gasteiger partial charge in [-0.15, -0.1) is 0 Å². The Labute approximate surface area is 222 Å². The summed E-state index contributed by atoms with van der Waals surface area (Å²) >= 11 is 0. The zero-order valence-corrected chi connectivity index (χ0v) is 21.2.